The molecule has 0 heterocycles. The van der Waals surface area contributed by atoms with Gasteiger partial charge >= 0.3 is 0 Å². The lowest BCUT2D eigenvalue weighted by Gasteiger charge is -2.40. The maximum atomic E-state index is 6.65. The largest absolute Gasteiger partial charge is 0.325 e. The highest BCUT2D eigenvalue weighted by Crippen LogP contribution is 2.36. The van der Waals surface area contributed by atoms with Crippen LogP contribution in [0.4, 0.5) is 0 Å². The summed E-state index contributed by atoms with van der Waals surface area (Å²) in [5, 5.41) is 0. The summed E-state index contributed by atoms with van der Waals surface area (Å²) < 4.78 is 1.14. The molecule has 2 heteroatoms. The minimum Gasteiger partial charge on any atom is -0.325 e. The molecule has 0 radical (unpaired) electrons. The number of rotatable bonds is 3. The Morgan fingerprint density at radius 1 is 1.33 bits per heavy atom. The van der Waals surface area contributed by atoms with E-state index in [4.69, 9.17) is 5.73 Å². The van der Waals surface area contributed by atoms with Crippen LogP contribution in [0.2, 0.25) is 0 Å². The summed E-state index contributed by atoms with van der Waals surface area (Å²) in [5.74, 6) is 1.57. The number of hydrogen-bond donors (Lipinski definition) is 1. The number of benzene rings is 1. The molecule has 2 unspecified atom stereocenters. The molecule has 1 saturated carbocycles. The van der Waals surface area contributed by atoms with Gasteiger partial charge in [0.2, 0.25) is 0 Å². The summed E-state index contributed by atoms with van der Waals surface area (Å²) in [5.41, 5.74) is 8.03. The van der Waals surface area contributed by atoms with Crippen LogP contribution in [0.5, 0.6) is 0 Å². The Morgan fingerprint density at radius 3 is 2.61 bits per heavy atom. The third-order valence-electron chi connectivity index (χ3n) is 4.33. The van der Waals surface area contributed by atoms with E-state index < -0.39 is 0 Å². The van der Waals surface area contributed by atoms with Gasteiger partial charge in [0.1, 0.15) is 0 Å². The van der Waals surface area contributed by atoms with Crippen LogP contribution in [0.3, 0.4) is 0 Å². The van der Waals surface area contributed by atoms with Crippen molar-refractivity contribution in [3.63, 3.8) is 0 Å². The third kappa shape index (κ3) is 3.58. The molecule has 1 aliphatic rings. The Labute approximate surface area is 119 Å². The second kappa shape index (κ2) is 5.75. The van der Waals surface area contributed by atoms with Crippen LogP contribution in [-0.4, -0.2) is 5.54 Å². The zero-order valence-corrected chi connectivity index (χ0v) is 13.0. The van der Waals surface area contributed by atoms with Gasteiger partial charge < -0.3 is 5.73 Å². The van der Waals surface area contributed by atoms with Gasteiger partial charge in [-0.25, -0.2) is 0 Å². The minimum absolute atomic E-state index is 0.0149. The molecule has 100 valence electrons. The molecule has 1 aromatic rings. The van der Waals surface area contributed by atoms with Crippen molar-refractivity contribution in [3.05, 3.63) is 34.3 Å². The fourth-order valence-corrected chi connectivity index (χ4v) is 3.45. The average Bonchev–Trinajstić information content (AvgIpc) is 2.32. The lowest BCUT2D eigenvalue weighted by Crippen LogP contribution is -2.47. The first-order valence-electron chi connectivity index (χ1n) is 7.02. The molecule has 0 aromatic heterocycles. The maximum absolute atomic E-state index is 6.65. The SMILES string of the molecule is CC(C)C1CCCC(N)(Cc2ccc(Br)cc2)C1. The first-order chi connectivity index (χ1) is 8.48. The van der Waals surface area contributed by atoms with Crippen LogP contribution < -0.4 is 5.73 Å². The normalized spacial score (nSPS) is 28.6. The van der Waals surface area contributed by atoms with Crippen LogP contribution in [0.1, 0.15) is 45.1 Å². The van der Waals surface area contributed by atoms with Crippen LogP contribution in [0, 0.1) is 11.8 Å². The van der Waals surface area contributed by atoms with Crippen LogP contribution in [0.15, 0.2) is 28.7 Å². The molecular weight excluding hydrogens is 286 g/mol. The zero-order valence-electron chi connectivity index (χ0n) is 11.5. The standard InChI is InChI=1S/C16H24BrN/c1-12(2)14-4-3-9-16(18,11-14)10-13-5-7-15(17)8-6-13/h5-8,12,14H,3-4,9-11,18H2,1-2H3. The van der Waals surface area contributed by atoms with Crippen molar-refractivity contribution in [2.24, 2.45) is 17.6 Å². The summed E-state index contributed by atoms with van der Waals surface area (Å²) >= 11 is 3.48. The molecule has 0 bridgehead atoms. The van der Waals surface area contributed by atoms with Gasteiger partial charge in [-0.2, -0.15) is 0 Å². The lowest BCUT2D eigenvalue weighted by molar-refractivity contribution is 0.182. The summed E-state index contributed by atoms with van der Waals surface area (Å²) in [7, 11) is 0. The smallest absolute Gasteiger partial charge is 0.0197 e. The highest BCUT2D eigenvalue weighted by atomic mass is 79.9. The van der Waals surface area contributed by atoms with Crippen LogP contribution >= 0.6 is 15.9 Å². The first kappa shape index (κ1) is 14.1. The summed E-state index contributed by atoms with van der Waals surface area (Å²) in [6.45, 7) is 4.66. The van der Waals surface area contributed by atoms with Crippen LogP contribution in [-0.2, 0) is 6.42 Å². The number of halogens is 1. The van der Waals surface area contributed by atoms with Crippen molar-refractivity contribution in [1.82, 2.24) is 0 Å². The molecule has 2 atom stereocenters. The van der Waals surface area contributed by atoms with E-state index in [0.29, 0.717) is 0 Å². The quantitative estimate of drug-likeness (QED) is 0.872. The van der Waals surface area contributed by atoms with Crippen molar-refractivity contribution in [2.75, 3.05) is 0 Å². The molecule has 1 nitrogen and oxygen atoms in total. The Hall–Kier alpha value is -0.340. The second-order valence-electron chi connectivity index (χ2n) is 6.27. The molecule has 0 aliphatic heterocycles. The molecule has 2 rings (SSSR count). The topological polar surface area (TPSA) is 26.0 Å². The highest BCUT2D eigenvalue weighted by molar-refractivity contribution is 9.10. The predicted octanol–water partition coefficient (Wildman–Crippen LogP) is 4.54. The Kier molecular flexibility index (Phi) is 4.50. The van der Waals surface area contributed by atoms with E-state index in [1.165, 1.54) is 31.2 Å². The van der Waals surface area contributed by atoms with E-state index >= 15 is 0 Å². The molecule has 18 heavy (non-hydrogen) atoms. The summed E-state index contributed by atoms with van der Waals surface area (Å²) in [6.07, 6.45) is 6.02. The van der Waals surface area contributed by atoms with Gasteiger partial charge in [0.15, 0.2) is 0 Å². The Bertz CT molecular complexity index is 385. The molecular formula is C16H24BrN. The van der Waals surface area contributed by atoms with E-state index in [1.54, 1.807) is 0 Å². The fraction of sp³-hybridized carbons (Fsp3) is 0.625. The van der Waals surface area contributed by atoms with Gasteiger partial charge in [-0.15, -0.1) is 0 Å². The number of hydrogen-bond acceptors (Lipinski definition) is 1. The molecule has 0 amide bonds. The molecule has 1 aliphatic carbocycles. The van der Waals surface area contributed by atoms with Gasteiger partial charge in [0.05, 0.1) is 0 Å². The summed E-state index contributed by atoms with van der Waals surface area (Å²) in [6, 6.07) is 8.61. The van der Waals surface area contributed by atoms with Crippen molar-refractivity contribution < 1.29 is 0 Å². The third-order valence-corrected chi connectivity index (χ3v) is 4.86. The molecule has 1 aromatic carbocycles. The highest BCUT2D eigenvalue weighted by Gasteiger charge is 2.33. The minimum atomic E-state index is 0.0149. The second-order valence-corrected chi connectivity index (χ2v) is 7.18. The number of nitrogens with two attached hydrogens (primary N) is 1. The monoisotopic (exact) mass is 309 g/mol. The van der Waals surface area contributed by atoms with Crippen molar-refractivity contribution in [3.8, 4) is 0 Å². The fourth-order valence-electron chi connectivity index (χ4n) is 3.18. The Balaban J connectivity index is 2.04. The van der Waals surface area contributed by atoms with Crippen molar-refractivity contribution in [1.29, 1.82) is 0 Å². The van der Waals surface area contributed by atoms with Crippen LogP contribution in [0.25, 0.3) is 0 Å². The van der Waals surface area contributed by atoms with Crippen molar-refractivity contribution in [2.45, 2.75) is 51.5 Å². The summed E-state index contributed by atoms with van der Waals surface area (Å²) in [4.78, 5) is 0. The molecule has 0 saturated heterocycles. The van der Waals surface area contributed by atoms with E-state index in [9.17, 15) is 0 Å². The molecule has 0 spiro atoms. The molecule has 1 fully saturated rings. The lowest BCUT2D eigenvalue weighted by atomic mass is 9.70. The van der Waals surface area contributed by atoms with E-state index in [1.807, 2.05) is 0 Å². The first-order valence-corrected chi connectivity index (χ1v) is 7.81. The van der Waals surface area contributed by atoms with E-state index in [0.717, 1.165) is 22.7 Å². The van der Waals surface area contributed by atoms with Gasteiger partial charge in [-0.05, 0) is 48.8 Å². The van der Waals surface area contributed by atoms with Gasteiger partial charge in [0.25, 0.3) is 0 Å². The van der Waals surface area contributed by atoms with Crippen molar-refractivity contribution >= 4 is 15.9 Å². The van der Waals surface area contributed by atoms with Gasteiger partial charge in [-0.1, -0.05) is 54.8 Å². The van der Waals surface area contributed by atoms with Gasteiger partial charge in [0, 0.05) is 10.0 Å². The van der Waals surface area contributed by atoms with E-state index in [-0.39, 0.29) is 5.54 Å². The average molecular weight is 310 g/mol. The predicted molar refractivity (Wildman–Crippen MR) is 81.6 cm³/mol. The zero-order chi connectivity index (χ0) is 13.2. The van der Waals surface area contributed by atoms with E-state index in [2.05, 4.69) is 54.0 Å². The molecule has 2 N–H and O–H groups in total. The maximum Gasteiger partial charge on any atom is 0.0197 e. The Morgan fingerprint density at radius 2 is 2.00 bits per heavy atom. The van der Waals surface area contributed by atoms with Gasteiger partial charge in [-0.3, -0.25) is 0 Å².